The van der Waals surface area contributed by atoms with Gasteiger partial charge in [-0.1, -0.05) is 6.42 Å². The van der Waals surface area contributed by atoms with Crippen LogP contribution in [0.2, 0.25) is 0 Å². The van der Waals surface area contributed by atoms with Crippen LogP contribution in [-0.2, 0) is 0 Å². The first-order valence-corrected chi connectivity index (χ1v) is 7.23. The van der Waals surface area contributed by atoms with E-state index in [1.54, 1.807) is 6.33 Å². The predicted molar refractivity (Wildman–Crippen MR) is 74.2 cm³/mol. The largest absolute Gasteiger partial charge is 0.478 e. The standard InChI is InChI=1S/C14H22N4O/c1-2-19-14-6-13(16-9-17-14)18-7-10-4-3-5-12(15)11(10)8-18/h6,9-12H,2-5,7-8,15H2,1H3. The molecule has 0 spiro atoms. The van der Waals surface area contributed by atoms with Crippen molar-refractivity contribution in [2.45, 2.75) is 32.2 Å². The Labute approximate surface area is 114 Å². The molecule has 2 fully saturated rings. The lowest BCUT2D eigenvalue weighted by molar-refractivity contribution is 0.260. The molecule has 19 heavy (non-hydrogen) atoms. The lowest BCUT2D eigenvalue weighted by Crippen LogP contribution is -2.38. The van der Waals surface area contributed by atoms with Crippen LogP contribution in [0.3, 0.4) is 0 Å². The number of anilines is 1. The molecule has 5 heteroatoms. The van der Waals surface area contributed by atoms with E-state index in [1.807, 2.05) is 13.0 Å². The minimum atomic E-state index is 0.358. The van der Waals surface area contributed by atoms with E-state index in [0.29, 0.717) is 24.4 Å². The van der Waals surface area contributed by atoms with Crippen molar-refractivity contribution < 1.29 is 4.74 Å². The van der Waals surface area contributed by atoms with E-state index >= 15 is 0 Å². The van der Waals surface area contributed by atoms with Gasteiger partial charge in [-0.2, -0.15) is 0 Å². The molecule has 2 N–H and O–H groups in total. The molecule has 1 saturated carbocycles. The third-order valence-electron chi connectivity index (χ3n) is 4.40. The van der Waals surface area contributed by atoms with E-state index < -0.39 is 0 Å². The molecule has 2 aliphatic rings. The maximum absolute atomic E-state index is 6.25. The van der Waals surface area contributed by atoms with Crippen molar-refractivity contribution in [3.8, 4) is 5.88 Å². The fourth-order valence-electron chi connectivity index (χ4n) is 3.43. The molecule has 1 aliphatic heterocycles. The van der Waals surface area contributed by atoms with Crippen LogP contribution in [0.5, 0.6) is 5.88 Å². The summed E-state index contributed by atoms with van der Waals surface area (Å²) in [7, 11) is 0. The van der Waals surface area contributed by atoms with Gasteiger partial charge in [0, 0.05) is 25.2 Å². The Kier molecular flexibility index (Phi) is 3.55. The van der Waals surface area contributed by atoms with Gasteiger partial charge in [0.05, 0.1) is 6.61 Å². The lowest BCUT2D eigenvalue weighted by Gasteiger charge is -2.29. The highest BCUT2D eigenvalue weighted by molar-refractivity contribution is 5.42. The summed E-state index contributed by atoms with van der Waals surface area (Å²) in [5.74, 6) is 2.99. The van der Waals surface area contributed by atoms with E-state index in [1.165, 1.54) is 19.3 Å². The molecular formula is C14H22N4O. The number of ether oxygens (including phenoxy) is 1. The van der Waals surface area contributed by atoms with Crippen molar-refractivity contribution in [1.82, 2.24) is 9.97 Å². The zero-order valence-electron chi connectivity index (χ0n) is 11.5. The van der Waals surface area contributed by atoms with Gasteiger partial charge in [-0.25, -0.2) is 9.97 Å². The SMILES string of the molecule is CCOc1cc(N2CC3CCCC(N)C3C2)ncn1. The Morgan fingerprint density at radius 2 is 2.26 bits per heavy atom. The van der Waals surface area contributed by atoms with Gasteiger partial charge >= 0.3 is 0 Å². The maximum Gasteiger partial charge on any atom is 0.218 e. The predicted octanol–water partition coefficient (Wildman–Crippen LogP) is 1.44. The number of hydrogen-bond donors (Lipinski definition) is 1. The van der Waals surface area contributed by atoms with Gasteiger partial charge in [0.25, 0.3) is 0 Å². The number of aromatic nitrogens is 2. The zero-order valence-corrected chi connectivity index (χ0v) is 11.5. The van der Waals surface area contributed by atoms with Gasteiger partial charge in [-0.05, 0) is 31.6 Å². The fourth-order valence-corrected chi connectivity index (χ4v) is 3.43. The van der Waals surface area contributed by atoms with Gasteiger partial charge in [-0.15, -0.1) is 0 Å². The first-order valence-electron chi connectivity index (χ1n) is 7.23. The summed E-state index contributed by atoms with van der Waals surface area (Å²) in [5.41, 5.74) is 6.25. The summed E-state index contributed by atoms with van der Waals surface area (Å²) in [6.45, 7) is 4.69. The topological polar surface area (TPSA) is 64.3 Å². The molecule has 0 radical (unpaired) electrons. The quantitative estimate of drug-likeness (QED) is 0.893. The molecule has 1 aromatic heterocycles. The van der Waals surface area contributed by atoms with Crippen molar-refractivity contribution in [3.63, 3.8) is 0 Å². The van der Waals surface area contributed by atoms with Crippen LogP contribution in [0.4, 0.5) is 5.82 Å². The van der Waals surface area contributed by atoms with Gasteiger partial charge < -0.3 is 15.4 Å². The van der Waals surface area contributed by atoms with E-state index in [2.05, 4.69) is 14.9 Å². The number of nitrogens with two attached hydrogens (primary N) is 1. The normalized spacial score (nSPS) is 30.2. The summed E-state index contributed by atoms with van der Waals surface area (Å²) >= 11 is 0. The van der Waals surface area contributed by atoms with E-state index in [-0.39, 0.29) is 0 Å². The van der Waals surface area contributed by atoms with Crippen molar-refractivity contribution in [2.75, 3.05) is 24.6 Å². The Balaban J connectivity index is 1.74. The van der Waals surface area contributed by atoms with E-state index in [0.717, 1.165) is 24.8 Å². The molecule has 3 atom stereocenters. The van der Waals surface area contributed by atoms with Crippen LogP contribution in [-0.4, -0.2) is 35.7 Å². The summed E-state index contributed by atoms with van der Waals surface area (Å²) in [6.07, 6.45) is 5.33. The molecule has 5 nitrogen and oxygen atoms in total. The van der Waals surface area contributed by atoms with Crippen LogP contribution in [0.1, 0.15) is 26.2 Å². The minimum Gasteiger partial charge on any atom is -0.478 e. The van der Waals surface area contributed by atoms with Gasteiger partial charge in [0.1, 0.15) is 12.1 Å². The minimum absolute atomic E-state index is 0.358. The number of nitrogens with zero attached hydrogens (tertiary/aromatic N) is 3. The highest BCUT2D eigenvalue weighted by Crippen LogP contribution is 2.37. The molecular weight excluding hydrogens is 240 g/mol. The van der Waals surface area contributed by atoms with Crippen LogP contribution >= 0.6 is 0 Å². The average Bonchev–Trinajstić information content (AvgIpc) is 2.85. The van der Waals surface area contributed by atoms with Crippen molar-refractivity contribution in [3.05, 3.63) is 12.4 Å². The van der Waals surface area contributed by atoms with Crippen LogP contribution in [0.15, 0.2) is 12.4 Å². The molecule has 1 aliphatic carbocycles. The highest BCUT2D eigenvalue weighted by Gasteiger charge is 2.39. The monoisotopic (exact) mass is 262 g/mol. The lowest BCUT2D eigenvalue weighted by atomic mass is 9.78. The molecule has 104 valence electrons. The third-order valence-corrected chi connectivity index (χ3v) is 4.40. The zero-order chi connectivity index (χ0) is 13.2. The first-order chi connectivity index (χ1) is 9.28. The van der Waals surface area contributed by atoms with Crippen LogP contribution < -0.4 is 15.4 Å². The smallest absolute Gasteiger partial charge is 0.218 e. The molecule has 0 aromatic carbocycles. The fraction of sp³-hybridized carbons (Fsp3) is 0.714. The second kappa shape index (κ2) is 5.33. The second-order valence-corrected chi connectivity index (χ2v) is 5.57. The van der Waals surface area contributed by atoms with Crippen LogP contribution in [0.25, 0.3) is 0 Å². The Bertz CT molecular complexity index is 439. The average molecular weight is 262 g/mol. The molecule has 2 heterocycles. The van der Waals surface area contributed by atoms with Crippen molar-refractivity contribution in [2.24, 2.45) is 17.6 Å². The molecule has 3 rings (SSSR count). The second-order valence-electron chi connectivity index (χ2n) is 5.57. The first kappa shape index (κ1) is 12.7. The van der Waals surface area contributed by atoms with Gasteiger partial charge in [0.15, 0.2) is 0 Å². The molecule has 3 unspecified atom stereocenters. The maximum atomic E-state index is 6.25. The van der Waals surface area contributed by atoms with Gasteiger partial charge in [-0.3, -0.25) is 0 Å². The Hall–Kier alpha value is -1.36. The van der Waals surface area contributed by atoms with E-state index in [9.17, 15) is 0 Å². The summed E-state index contributed by atoms with van der Waals surface area (Å²) in [5, 5.41) is 0. The number of hydrogen-bond acceptors (Lipinski definition) is 5. The molecule has 1 aromatic rings. The molecule has 0 amide bonds. The Morgan fingerprint density at radius 3 is 3.05 bits per heavy atom. The van der Waals surface area contributed by atoms with Crippen LogP contribution in [0, 0.1) is 11.8 Å². The number of fused-ring (bicyclic) bond motifs is 1. The Morgan fingerprint density at radius 1 is 1.37 bits per heavy atom. The summed E-state index contributed by atoms with van der Waals surface area (Å²) in [6, 6.07) is 2.30. The molecule has 0 bridgehead atoms. The summed E-state index contributed by atoms with van der Waals surface area (Å²) in [4.78, 5) is 10.8. The van der Waals surface area contributed by atoms with Gasteiger partial charge in [0.2, 0.25) is 5.88 Å². The summed E-state index contributed by atoms with van der Waals surface area (Å²) < 4.78 is 5.44. The third kappa shape index (κ3) is 2.52. The van der Waals surface area contributed by atoms with Crippen molar-refractivity contribution in [1.29, 1.82) is 0 Å². The number of rotatable bonds is 3. The van der Waals surface area contributed by atoms with E-state index in [4.69, 9.17) is 10.5 Å². The molecule has 1 saturated heterocycles. The van der Waals surface area contributed by atoms with Crippen molar-refractivity contribution >= 4 is 5.82 Å². The highest BCUT2D eigenvalue weighted by atomic mass is 16.5.